The largest absolute Gasteiger partial charge is 0.358 e. The highest BCUT2D eigenvalue weighted by Crippen LogP contribution is 2.02. The van der Waals surface area contributed by atoms with E-state index in [-0.39, 0.29) is 6.17 Å². The van der Waals surface area contributed by atoms with Crippen molar-refractivity contribution < 1.29 is 0 Å². The molecule has 1 atom stereocenters. The molecule has 1 heterocycles. The Labute approximate surface area is 242 Å². The van der Waals surface area contributed by atoms with Crippen LogP contribution in [0, 0.1) is 202 Å². The van der Waals surface area contributed by atoms with Crippen LogP contribution in [0.1, 0.15) is 0 Å². The fraction of sp³-hybridized carbons (Fsp3) is 0.0789. The molecule has 3 heteroatoms. The van der Waals surface area contributed by atoms with E-state index in [0.29, 0.717) is 13.2 Å². The van der Waals surface area contributed by atoms with E-state index in [2.05, 4.69) is 194 Å². The smallest absolute Gasteiger partial charge is 0.166 e. The van der Waals surface area contributed by atoms with Crippen LogP contribution in [-0.2, 0) is 0 Å². The summed E-state index contributed by atoms with van der Waals surface area (Å²) in [7, 11) is 0. The molecule has 0 aromatic carbocycles. The molecule has 2 N–H and O–H groups in total. The lowest BCUT2D eigenvalue weighted by atomic mass is 10.4. The Kier molecular flexibility index (Phi) is 19.1. The second-order valence-electron chi connectivity index (χ2n) is 5.80. The SMILES string of the molecule is [C-]#CC#CC#CC#CC#CC#CC#CC#CC#CC#CC#CC#CC#CC#CC#CC#CC#CC1N=CCN1CN. The van der Waals surface area contributed by atoms with Crippen LogP contribution in [0.25, 0.3) is 0 Å². The molecule has 0 saturated heterocycles. The zero-order valence-electron chi connectivity index (χ0n) is 21.0. The number of nitrogens with zero attached hydrogens (tertiary/aromatic N) is 2. The lowest BCUT2D eigenvalue weighted by Gasteiger charge is -2.14. The molecule has 0 aromatic rings. The molecule has 1 aliphatic rings. The molecule has 0 aromatic heterocycles. The van der Waals surface area contributed by atoms with E-state index in [0.717, 1.165) is 0 Å². The van der Waals surface area contributed by atoms with Crippen molar-refractivity contribution in [2.75, 3.05) is 13.2 Å². The van der Waals surface area contributed by atoms with Gasteiger partial charge in [0.05, 0.1) is 0 Å². The molecule has 1 aliphatic heterocycles. The van der Waals surface area contributed by atoms with Gasteiger partial charge in [-0.25, -0.2) is 5.92 Å². The van der Waals surface area contributed by atoms with Gasteiger partial charge in [-0.05, 0) is 101 Å². The Bertz CT molecular complexity index is 2170. The van der Waals surface area contributed by atoms with E-state index >= 15 is 0 Å². The fourth-order valence-electron chi connectivity index (χ4n) is 1.79. The standard InChI is InChI=1S/C38H8N3/c1-2-3-4-5-6-7-8-9-10-11-12-13-14-15-16-17-18-19-20-21-22-23-24-25-26-27-28-29-30-31-32-33-34-38-40-35-36-41(38)37-39/h35,38H,36-37,39H2/q-1. The molecule has 0 fully saturated rings. The molecule has 1 unspecified atom stereocenters. The minimum Gasteiger partial charge on any atom is -0.358 e. The van der Waals surface area contributed by atoms with E-state index < -0.39 is 0 Å². The minimum absolute atomic E-state index is 0.249. The normalized spacial score (nSPS) is 8.93. The highest BCUT2D eigenvalue weighted by molar-refractivity contribution is 5.63. The molecular weight excluding hydrogens is 498 g/mol. The fourth-order valence-corrected chi connectivity index (χ4v) is 1.79. The van der Waals surface area contributed by atoms with Crippen LogP contribution in [-0.4, -0.2) is 30.5 Å². The Morgan fingerprint density at radius 1 is 0.488 bits per heavy atom. The maximum absolute atomic E-state index is 6.55. The minimum atomic E-state index is -0.249. The second-order valence-corrected chi connectivity index (χ2v) is 5.80. The van der Waals surface area contributed by atoms with Gasteiger partial charge in [-0.3, -0.25) is 15.8 Å². The Morgan fingerprint density at radius 3 is 1.02 bits per heavy atom. The van der Waals surface area contributed by atoms with Crippen molar-refractivity contribution in [3.8, 4) is 195 Å². The first-order valence-corrected chi connectivity index (χ1v) is 10.8. The van der Waals surface area contributed by atoms with Crippen molar-refractivity contribution in [2.24, 2.45) is 10.7 Å². The zero-order valence-corrected chi connectivity index (χ0v) is 21.0. The summed E-state index contributed by atoms with van der Waals surface area (Å²) in [6.07, 6.45) is 8.08. The van der Waals surface area contributed by atoms with Gasteiger partial charge in [0.15, 0.2) is 6.17 Å². The third kappa shape index (κ3) is 20.0. The highest BCUT2D eigenvalue weighted by Gasteiger charge is 2.16. The van der Waals surface area contributed by atoms with Gasteiger partial charge in [-0.15, -0.1) is 5.92 Å². The van der Waals surface area contributed by atoms with Crippen molar-refractivity contribution in [1.82, 2.24) is 4.90 Å². The molecule has 0 spiro atoms. The van der Waals surface area contributed by atoms with Crippen LogP contribution in [0.5, 0.6) is 0 Å². The van der Waals surface area contributed by atoms with Gasteiger partial charge in [-0.1, -0.05) is 0 Å². The van der Waals surface area contributed by atoms with Crippen molar-refractivity contribution in [3.05, 3.63) is 6.42 Å². The average molecular weight is 507 g/mol. The molecule has 176 valence electrons. The third-order valence-electron chi connectivity index (χ3n) is 3.28. The van der Waals surface area contributed by atoms with E-state index in [9.17, 15) is 0 Å². The summed E-state index contributed by atoms with van der Waals surface area (Å²) < 4.78 is 0. The van der Waals surface area contributed by atoms with Crippen LogP contribution in [0.3, 0.4) is 0 Å². The lowest BCUT2D eigenvalue weighted by Crippen LogP contribution is -2.34. The quantitative estimate of drug-likeness (QED) is 0.376. The summed E-state index contributed by atoms with van der Waals surface area (Å²) in [5.41, 5.74) is 5.58. The summed E-state index contributed by atoms with van der Waals surface area (Å²) in [6.45, 7) is 1.07. The molecule has 0 radical (unpaired) electrons. The van der Waals surface area contributed by atoms with Crippen LogP contribution < -0.4 is 5.73 Å². The molecule has 41 heavy (non-hydrogen) atoms. The lowest BCUT2D eigenvalue weighted by molar-refractivity contribution is 0.305. The number of nitrogens with two attached hydrogens (primary N) is 1. The molecule has 0 saturated carbocycles. The first kappa shape index (κ1) is 31.1. The van der Waals surface area contributed by atoms with Crippen LogP contribution in [0.4, 0.5) is 0 Å². The maximum atomic E-state index is 6.55. The predicted octanol–water partition coefficient (Wildman–Crippen LogP) is -0.741. The predicted molar refractivity (Wildman–Crippen MR) is 160 cm³/mol. The summed E-state index contributed by atoms with van der Waals surface area (Å²) >= 11 is 0. The molecule has 0 aliphatic carbocycles. The summed E-state index contributed by atoms with van der Waals surface area (Å²) in [5, 5.41) is 0. The van der Waals surface area contributed by atoms with Gasteiger partial charge in [0, 0.05) is 96.4 Å². The first-order chi connectivity index (χ1) is 20.4. The number of aliphatic imine (C=N–C) groups is 1. The van der Waals surface area contributed by atoms with Gasteiger partial charge in [0.2, 0.25) is 0 Å². The number of hydrogen-bond donors (Lipinski definition) is 1. The van der Waals surface area contributed by atoms with Gasteiger partial charge in [0.1, 0.15) is 0 Å². The van der Waals surface area contributed by atoms with Crippen molar-refractivity contribution in [1.29, 1.82) is 0 Å². The van der Waals surface area contributed by atoms with Gasteiger partial charge in [0.25, 0.3) is 0 Å². The summed E-state index contributed by atoms with van der Waals surface area (Å²) in [4.78, 5) is 6.08. The Hall–Kier alpha value is -7.89. The van der Waals surface area contributed by atoms with Gasteiger partial charge < -0.3 is 12.2 Å². The van der Waals surface area contributed by atoms with E-state index in [4.69, 9.17) is 12.2 Å². The second kappa shape index (κ2) is 25.2. The third-order valence-corrected chi connectivity index (χ3v) is 3.28. The highest BCUT2D eigenvalue weighted by atomic mass is 15.3. The average Bonchev–Trinajstić information content (AvgIpc) is 3.45. The zero-order chi connectivity index (χ0) is 29.3. The number of hydrogen-bond acceptors (Lipinski definition) is 3. The molecule has 0 bridgehead atoms. The molecule has 1 rings (SSSR count). The van der Waals surface area contributed by atoms with Crippen molar-refractivity contribution in [2.45, 2.75) is 6.17 Å². The Morgan fingerprint density at radius 2 is 0.756 bits per heavy atom. The monoisotopic (exact) mass is 506 g/mol. The molecule has 3 nitrogen and oxygen atoms in total. The number of rotatable bonds is 1. The first-order valence-electron chi connectivity index (χ1n) is 10.8. The van der Waals surface area contributed by atoms with E-state index in [1.807, 2.05) is 10.8 Å². The van der Waals surface area contributed by atoms with Gasteiger partial charge >= 0.3 is 0 Å². The Balaban J connectivity index is 2.39. The van der Waals surface area contributed by atoms with E-state index in [1.165, 1.54) is 0 Å². The van der Waals surface area contributed by atoms with Crippen LogP contribution in [0.15, 0.2) is 4.99 Å². The van der Waals surface area contributed by atoms with Crippen LogP contribution in [0.2, 0.25) is 0 Å². The van der Waals surface area contributed by atoms with Gasteiger partial charge in [-0.2, -0.15) is 0 Å². The maximum Gasteiger partial charge on any atom is 0.166 e. The molecular formula is C38H8N3-. The van der Waals surface area contributed by atoms with Crippen molar-refractivity contribution >= 4 is 6.21 Å². The van der Waals surface area contributed by atoms with E-state index in [1.54, 1.807) is 6.21 Å². The topological polar surface area (TPSA) is 41.6 Å². The summed E-state index contributed by atoms with van der Waals surface area (Å²) in [6, 6.07) is 0. The molecule has 0 amide bonds. The van der Waals surface area contributed by atoms with Crippen molar-refractivity contribution in [3.63, 3.8) is 0 Å². The van der Waals surface area contributed by atoms with Crippen LogP contribution >= 0.6 is 0 Å². The summed E-state index contributed by atoms with van der Waals surface area (Å²) in [5.74, 6) is 82.0.